The first-order valence-electron chi connectivity index (χ1n) is 11.6. The molecule has 2 bridgehead atoms. The van der Waals surface area contributed by atoms with Crippen LogP contribution in [0.25, 0.3) is 10.9 Å². The van der Waals surface area contributed by atoms with Crippen LogP contribution in [0.1, 0.15) is 65.5 Å². The van der Waals surface area contributed by atoms with E-state index in [1.807, 2.05) is 32.6 Å². The number of hydrogen-bond donors (Lipinski definition) is 0. The summed E-state index contributed by atoms with van der Waals surface area (Å²) >= 11 is 7.68. The zero-order valence-corrected chi connectivity index (χ0v) is 21.1. The highest BCUT2D eigenvalue weighted by molar-refractivity contribution is 7.99. The van der Waals surface area contributed by atoms with E-state index in [1.165, 1.54) is 11.8 Å². The molecule has 2 saturated heterocycles. The molecule has 5 heterocycles. The van der Waals surface area contributed by atoms with Gasteiger partial charge in [-0.2, -0.15) is 0 Å². The fraction of sp³-hybridized carbons (Fsp3) is 0.652. The summed E-state index contributed by atoms with van der Waals surface area (Å²) in [5.74, 6) is 0.892. The first-order chi connectivity index (χ1) is 15.6. The Labute approximate surface area is 202 Å². The maximum atomic E-state index is 15.1. The van der Waals surface area contributed by atoms with Crippen LogP contribution in [0.2, 0.25) is 5.15 Å². The smallest absolute Gasteiger partial charge is 0.410 e. The molecule has 1 amide bonds. The Morgan fingerprint density at radius 2 is 2.00 bits per heavy atom. The van der Waals surface area contributed by atoms with Gasteiger partial charge in [0, 0.05) is 12.5 Å². The number of anilines is 1. The van der Waals surface area contributed by atoms with E-state index in [1.54, 1.807) is 0 Å². The molecule has 10 heteroatoms. The Bertz CT molecular complexity index is 1130. The van der Waals surface area contributed by atoms with Gasteiger partial charge in [0.25, 0.3) is 0 Å². The Morgan fingerprint density at radius 1 is 1.24 bits per heavy atom. The summed E-state index contributed by atoms with van der Waals surface area (Å²) in [7, 11) is 0. The fourth-order valence-electron chi connectivity index (χ4n) is 5.53. The van der Waals surface area contributed by atoms with Gasteiger partial charge in [0.1, 0.15) is 16.9 Å². The summed E-state index contributed by atoms with van der Waals surface area (Å²) in [6, 6.07) is 0.0539. The molecule has 7 nitrogen and oxygen atoms in total. The van der Waals surface area contributed by atoms with Gasteiger partial charge < -0.3 is 9.64 Å². The standard InChI is InChI=1S/C23H29ClFN5O2S/c1-6-33-21-27-18-15-17(26-19(24)16(18)25)11(2)9-14-13-8-7-12(10-29(14)20(15)28-21)30(13)22(31)32-23(3,4)5/h11-14H,6-10H2,1-5H3/t11-,12-,13+,14-/m1/s1. The van der Waals surface area contributed by atoms with Gasteiger partial charge in [0.2, 0.25) is 0 Å². The molecule has 0 spiro atoms. The third-order valence-electron chi connectivity index (χ3n) is 6.74. The van der Waals surface area contributed by atoms with Gasteiger partial charge in [-0.3, -0.25) is 4.90 Å². The number of thioether (sulfide) groups is 1. The lowest BCUT2D eigenvalue weighted by Gasteiger charge is -2.47. The molecule has 178 valence electrons. The largest absolute Gasteiger partial charge is 0.444 e. The van der Waals surface area contributed by atoms with E-state index < -0.39 is 11.4 Å². The Hall–Kier alpha value is -1.87. The summed E-state index contributed by atoms with van der Waals surface area (Å²) in [6.45, 7) is 10.4. The molecule has 0 saturated carbocycles. The molecule has 0 radical (unpaired) electrons. The van der Waals surface area contributed by atoms with Gasteiger partial charge in [-0.15, -0.1) is 0 Å². The van der Waals surface area contributed by atoms with E-state index in [0.717, 1.165) is 30.7 Å². The monoisotopic (exact) mass is 493 g/mol. The van der Waals surface area contributed by atoms with Crippen molar-refractivity contribution in [2.24, 2.45) is 0 Å². The van der Waals surface area contributed by atoms with Gasteiger partial charge in [0.05, 0.1) is 29.2 Å². The average molecular weight is 494 g/mol. The molecular weight excluding hydrogens is 465 g/mol. The molecular formula is C23H29ClFN5O2S. The summed E-state index contributed by atoms with van der Waals surface area (Å²) in [5.41, 5.74) is 0.415. The van der Waals surface area contributed by atoms with Crippen molar-refractivity contribution < 1.29 is 13.9 Å². The van der Waals surface area contributed by atoms with Crippen molar-refractivity contribution in [2.75, 3.05) is 17.2 Å². The van der Waals surface area contributed by atoms with Crippen LogP contribution in [0.5, 0.6) is 0 Å². The van der Waals surface area contributed by atoms with Crippen LogP contribution < -0.4 is 4.90 Å². The molecule has 4 atom stereocenters. The Morgan fingerprint density at radius 3 is 2.70 bits per heavy atom. The van der Waals surface area contributed by atoms with E-state index in [4.69, 9.17) is 21.3 Å². The van der Waals surface area contributed by atoms with E-state index in [2.05, 4.69) is 21.8 Å². The Balaban J connectivity index is 1.64. The number of ether oxygens (including phenoxy) is 1. The number of hydrogen-bond acceptors (Lipinski definition) is 7. The number of fused-ring (bicyclic) bond motifs is 5. The van der Waals surface area contributed by atoms with Gasteiger partial charge in [0.15, 0.2) is 16.1 Å². The quantitative estimate of drug-likeness (QED) is 0.315. The SMILES string of the molecule is CCSc1nc2c3c(nc(Cl)c(F)c3n1)[C@H](C)C[C@@H]1[C@@H]3CC[C@H](CN21)N3C(=O)OC(C)(C)C. The predicted octanol–water partition coefficient (Wildman–Crippen LogP) is 5.39. The van der Waals surface area contributed by atoms with Crippen LogP contribution >= 0.6 is 23.4 Å². The van der Waals surface area contributed by atoms with E-state index in [-0.39, 0.29) is 40.8 Å². The minimum absolute atomic E-state index is 0.00275. The molecule has 0 N–H and O–H groups in total. The van der Waals surface area contributed by atoms with E-state index >= 15 is 4.39 Å². The second-order valence-corrected chi connectivity index (χ2v) is 11.7. The number of nitrogens with zero attached hydrogens (tertiary/aromatic N) is 5. The van der Waals surface area contributed by atoms with Crippen LogP contribution in [0.4, 0.5) is 15.0 Å². The molecule has 3 aliphatic rings. The number of rotatable bonds is 2. The molecule has 5 rings (SSSR count). The van der Waals surface area contributed by atoms with Crippen molar-refractivity contribution in [3.63, 3.8) is 0 Å². The molecule has 2 aromatic heterocycles. The predicted molar refractivity (Wildman–Crippen MR) is 128 cm³/mol. The van der Waals surface area contributed by atoms with Crippen molar-refractivity contribution in [2.45, 2.75) is 88.7 Å². The van der Waals surface area contributed by atoms with Gasteiger partial charge >= 0.3 is 6.09 Å². The fourth-order valence-corrected chi connectivity index (χ4v) is 6.28. The second-order valence-electron chi connectivity index (χ2n) is 10.1. The zero-order chi connectivity index (χ0) is 23.7. The first kappa shape index (κ1) is 22.9. The molecule has 0 aromatic carbocycles. The minimum Gasteiger partial charge on any atom is -0.444 e. The summed E-state index contributed by atoms with van der Waals surface area (Å²) in [5, 5.41) is 1.03. The number of pyridine rings is 1. The maximum Gasteiger partial charge on any atom is 0.410 e. The van der Waals surface area contributed by atoms with E-state index in [9.17, 15) is 4.79 Å². The van der Waals surface area contributed by atoms with E-state index in [0.29, 0.717) is 22.9 Å². The molecule has 2 fully saturated rings. The number of carbonyl (C=O) groups is 1. The van der Waals surface area contributed by atoms with Crippen LogP contribution in [0.3, 0.4) is 0 Å². The van der Waals surface area contributed by atoms with Crippen molar-refractivity contribution in [3.05, 3.63) is 16.7 Å². The number of carbonyl (C=O) groups excluding carboxylic acids is 1. The molecule has 0 aliphatic carbocycles. The van der Waals surface area contributed by atoms with Gasteiger partial charge in [-0.1, -0.05) is 37.2 Å². The molecule has 33 heavy (non-hydrogen) atoms. The average Bonchev–Trinajstić information content (AvgIpc) is 3.01. The first-order valence-corrected chi connectivity index (χ1v) is 12.9. The second kappa shape index (κ2) is 8.12. The third kappa shape index (κ3) is 3.81. The van der Waals surface area contributed by atoms with Gasteiger partial charge in [-0.25, -0.2) is 24.1 Å². The zero-order valence-electron chi connectivity index (χ0n) is 19.6. The minimum atomic E-state index is -0.599. The van der Waals surface area contributed by atoms with Crippen LogP contribution in [-0.2, 0) is 4.74 Å². The van der Waals surface area contributed by atoms with Crippen molar-refractivity contribution in [1.82, 2.24) is 19.9 Å². The van der Waals surface area contributed by atoms with Crippen LogP contribution in [0, 0.1) is 5.82 Å². The lowest BCUT2D eigenvalue weighted by atomic mass is 9.92. The number of aromatic nitrogens is 3. The summed E-state index contributed by atoms with van der Waals surface area (Å²) in [6.07, 6.45) is 2.32. The lowest BCUT2D eigenvalue weighted by molar-refractivity contribution is 0.00693. The third-order valence-corrected chi connectivity index (χ3v) is 7.72. The normalized spacial score (nSPS) is 26.4. The lowest BCUT2D eigenvalue weighted by Crippen LogP contribution is -2.62. The highest BCUT2D eigenvalue weighted by atomic mass is 35.5. The Kier molecular flexibility index (Phi) is 5.63. The molecule has 2 aromatic rings. The van der Waals surface area contributed by atoms with Crippen LogP contribution in [0.15, 0.2) is 5.16 Å². The highest BCUT2D eigenvalue weighted by Gasteiger charge is 2.51. The number of halogens is 2. The van der Waals surface area contributed by atoms with Gasteiger partial charge in [-0.05, 0) is 45.8 Å². The highest BCUT2D eigenvalue weighted by Crippen LogP contribution is 2.47. The summed E-state index contributed by atoms with van der Waals surface area (Å²) < 4.78 is 20.9. The number of amides is 1. The topological polar surface area (TPSA) is 71.5 Å². The van der Waals surface area contributed by atoms with Crippen LogP contribution in [-0.4, -0.2) is 62.0 Å². The van der Waals surface area contributed by atoms with Crippen molar-refractivity contribution in [3.8, 4) is 0 Å². The van der Waals surface area contributed by atoms with Crippen molar-refractivity contribution >= 4 is 46.2 Å². The molecule has 0 unspecified atom stereocenters. The summed E-state index contributed by atoms with van der Waals surface area (Å²) in [4.78, 5) is 31.2. The number of piperazine rings is 1. The maximum absolute atomic E-state index is 15.1. The van der Waals surface area contributed by atoms with Crippen molar-refractivity contribution in [1.29, 1.82) is 0 Å². The molecule has 3 aliphatic heterocycles.